The SMILES string of the molecule is ClCc1cccc(CNCc2cccc3cccnc23)c1. The molecule has 3 heteroatoms. The van der Waals surface area contributed by atoms with E-state index < -0.39 is 0 Å². The fourth-order valence-corrected chi connectivity index (χ4v) is 2.64. The molecule has 1 heterocycles. The number of nitrogens with zero attached hydrogens (tertiary/aromatic N) is 1. The van der Waals surface area contributed by atoms with Gasteiger partial charge in [0.2, 0.25) is 0 Å². The van der Waals surface area contributed by atoms with Gasteiger partial charge in [-0.1, -0.05) is 48.5 Å². The van der Waals surface area contributed by atoms with Crippen LogP contribution in [0, 0.1) is 0 Å². The molecule has 2 aromatic carbocycles. The highest BCUT2D eigenvalue weighted by Gasteiger charge is 2.01. The van der Waals surface area contributed by atoms with Gasteiger partial charge in [0.25, 0.3) is 0 Å². The lowest BCUT2D eigenvalue weighted by atomic mass is 10.1. The van der Waals surface area contributed by atoms with E-state index in [1.54, 1.807) is 0 Å². The monoisotopic (exact) mass is 296 g/mol. The average molecular weight is 297 g/mol. The van der Waals surface area contributed by atoms with Gasteiger partial charge in [0, 0.05) is 30.6 Å². The molecule has 3 rings (SSSR count). The molecular weight excluding hydrogens is 280 g/mol. The van der Waals surface area contributed by atoms with Crippen molar-refractivity contribution in [3.63, 3.8) is 0 Å². The molecule has 0 spiro atoms. The van der Waals surface area contributed by atoms with E-state index in [1.165, 1.54) is 16.5 Å². The molecule has 0 atom stereocenters. The molecule has 2 nitrogen and oxygen atoms in total. The molecule has 0 bridgehead atoms. The molecule has 106 valence electrons. The van der Waals surface area contributed by atoms with E-state index in [2.05, 4.69) is 46.7 Å². The Morgan fingerprint density at radius 2 is 1.71 bits per heavy atom. The molecule has 0 amide bonds. The first kappa shape index (κ1) is 14.1. The number of rotatable bonds is 5. The zero-order valence-electron chi connectivity index (χ0n) is 11.7. The zero-order valence-corrected chi connectivity index (χ0v) is 12.5. The number of para-hydroxylation sites is 1. The first-order valence-corrected chi connectivity index (χ1v) is 7.57. The largest absolute Gasteiger partial charge is 0.309 e. The first-order valence-electron chi connectivity index (χ1n) is 7.04. The fourth-order valence-electron chi connectivity index (χ4n) is 2.47. The summed E-state index contributed by atoms with van der Waals surface area (Å²) in [5.41, 5.74) is 4.70. The number of aromatic nitrogens is 1. The summed E-state index contributed by atoms with van der Waals surface area (Å²) < 4.78 is 0. The predicted molar refractivity (Wildman–Crippen MR) is 88.3 cm³/mol. The normalized spacial score (nSPS) is 10.9. The van der Waals surface area contributed by atoms with Gasteiger partial charge in [-0.15, -0.1) is 11.6 Å². The summed E-state index contributed by atoms with van der Waals surface area (Å²) in [4.78, 5) is 4.48. The maximum Gasteiger partial charge on any atom is 0.0746 e. The smallest absolute Gasteiger partial charge is 0.0746 e. The maximum atomic E-state index is 5.87. The highest BCUT2D eigenvalue weighted by atomic mass is 35.5. The summed E-state index contributed by atoms with van der Waals surface area (Å²) in [5, 5.41) is 4.66. The van der Waals surface area contributed by atoms with Crippen LogP contribution in [0.2, 0.25) is 0 Å². The Morgan fingerprint density at radius 1 is 0.905 bits per heavy atom. The summed E-state index contributed by atoms with van der Waals surface area (Å²) in [6.07, 6.45) is 1.84. The Kier molecular flexibility index (Phi) is 4.49. The molecule has 21 heavy (non-hydrogen) atoms. The van der Waals surface area contributed by atoms with Crippen molar-refractivity contribution in [2.75, 3.05) is 0 Å². The van der Waals surface area contributed by atoms with Crippen molar-refractivity contribution in [3.05, 3.63) is 77.5 Å². The van der Waals surface area contributed by atoms with Gasteiger partial charge in [-0.3, -0.25) is 4.98 Å². The number of alkyl halides is 1. The molecule has 0 aliphatic heterocycles. The van der Waals surface area contributed by atoms with Crippen LogP contribution in [0.25, 0.3) is 10.9 Å². The van der Waals surface area contributed by atoms with Crippen LogP contribution in [0.5, 0.6) is 0 Å². The molecular formula is C18H17ClN2. The third-order valence-electron chi connectivity index (χ3n) is 3.51. The van der Waals surface area contributed by atoms with Crippen molar-refractivity contribution in [1.82, 2.24) is 10.3 Å². The number of hydrogen-bond acceptors (Lipinski definition) is 2. The highest BCUT2D eigenvalue weighted by molar-refractivity contribution is 6.17. The van der Waals surface area contributed by atoms with Crippen LogP contribution in [-0.4, -0.2) is 4.98 Å². The lowest BCUT2D eigenvalue weighted by molar-refractivity contribution is 0.695. The molecule has 0 fully saturated rings. The number of pyridine rings is 1. The van der Waals surface area contributed by atoms with E-state index >= 15 is 0 Å². The standard InChI is InChI=1S/C18H17ClN2/c19-11-14-4-1-5-15(10-14)12-20-13-17-7-2-6-16-8-3-9-21-18(16)17/h1-10,20H,11-13H2. The van der Waals surface area contributed by atoms with E-state index in [0.29, 0.717) is 5.88 Å². The summed E-state index contributed by atoms with van der Waals surface area (Å²) in [6, 6.07) is 18.7. The average Bonchev–Trinajstić information content (AvgIpc) is 2.55. The van der Waals surface area contributed by atoms with Gasteiger partial charge in [-0.2, -0.15) is 0 Å². The minimum Gasteiger partial charge on any atom is -0.309 e. The third-order valence-corrected chi connectivity index (χ3v) is 3.82. The summed E-state index contributed by atoms with van der Waals surface area (Å²) in [7, 11) is 0. The number of hydrogen-bond donors (Lipinski definition) is 1. The van der Waals surface area contributed by atoms with Crippen molar-refractivity contribution in [2.45, 2.75) is 19.0 Å². The molecule has 0 unspecified atom stereocenters. The van der Waals surface area contributed by atoms with E-state index in [0.717, 1.165) is 24.2 Å². The number of nitrogens with one attached hydrogen (secondary N) is 1. The second-order valence-electron chi connectivity index (χ2n) is 5.05. The molecule has 0 saturated heterocycles. The summed E-state index contributed by atoms with van der Waals surface area (Å²) >= 11 is 5.87. The Hall–Kier alpha value is -1.90. The van der Waals surface area contributed by atoms with Gasteiger partial charge in [0.15, 0.2) is 0 Å². The third kappa shape index (κ3) is 3.41. The quantitative estimate of drug-likeness (QED) is 0.712. The van der Waals surface area contributed by atoms with Crippen LogP contribution in [0.3, 0.4) is 0 Å². The molecule has 1 N–H and O–H groups in total. The summed E-state index contributed by atoms with van der Waals surface area (Å²) in [5.74, 6) is 0.557. The Labute approximate surface area is 129 Å². The van der Waals surface area contributed by atoms with Crippen LogP contribution in [0.4, 0.5) is 0 Å². The Bertz CT molecular complexity index is 735. The minimum atomic E-state index is 0.557. The van der Waals surface area contributed by atoms with Crippen molar-refractivity contribution in [3.8, 4) is 0 Å². The van der Waals surface area contributed by atoms with Gasteiger partial charge in [-0.05, 0) is 22.8 Å². The van der Waals surface area contributed by atoms with Crippen molar-refractivity contribution in [2.24, 2.45) is 0 Å². The molecule has 3 aromatic rings. The van der Waals surface area contributed by atoms with E-state index in [-0.39, 0.29) is 0 Å². The number of benzene rings is 2. The van der Waals surface area contributed by atoms with E-state index in [1.807, 2.05) is 24.4 Å². The van der Waals surface area contributed by atoms with Crippen LogP contribution in [0.1, 0.15) is 16.7 Å². The second kappa shape index (κ2) is 6.70. The summed E-state index contributed by atoms with van der Waals surface area (Å²) in [6.45, 7) is 1.63. The predicted octanol–water partition coefficient (Wildman–Crippen LogP) is 4.26. The molecule has 0 aliphatic carbocycles. The van der Waals surface area contributed by atoms with Crippen molar-refractivity contribution in [1.29, 1.82) is 0 Å². The number of fused-ring (bicyclic) bond motifs is 1. The zero-order chi connectivity index (χ0) is 14.5. The minimum absolute atomic E-state index is 0.557. The van der Waals surface area contributed by atoms with Crippen LogP contribution < -0.4 is 5.32 Å². The van der Waals surface area contributed by atoms with Gasteiger partial charge >= 0.3 is 0 Å². The fraction of sp³-hybridized carbons (Fsp3) is 0.167. The second-order valence-corrected chi connectivity index (χ2v) is 5.32. The lowest BCUT2D eigenvalue weighted by Crippen LogP contribution is -2.13. The van der Waals surface area contributed by atoms with Crippen LogP contribution in [-0.2, 0) is 19.0 Å². The van der Waals surface area contributed by atoms with E-state index in [9.17, 15) is 0 Å². The lowest BCUT2D eigenvalue weighted by Gasteiger charge is -2.08. The highest BCUT2D eigenvalue weighted by Crippen LogP contribution is 2.16. The van der Waals surface area contributed by atoms with Crippen molar-refractivity contribution >= 4 is 22.5 Å². The molecule has 1 aromatic heterocycles. The molecule has 0 radical (unpaired) electrons. The topological polar surface area (TPSA) is 24.9 Å². The first-order chi connectivity index (χ1) is 10.4. The van der Waals surface area contributed by atoms with Gasteiger partial charge in [0.1, 0.15) is 0 Å². The van der Waals surface area contributed by atoms with Gasteiger partial charge in [0.05, 0.1) is 5.52 Å². The Balaban J connectivity index is 1.69. The Morgan fingerprint density at radius 3 is 2.62 bits per heavy atom. The molecule has 0 aliphatic rings. The van der Waals surface area contributed by atoms with Crippen molar-refractivity contribution < 1.29 is 0 Å². The van der Waals surface area contributed by atoms with Gasteiger partial charge in [-0.25, -0.2) is 0 Å². The van der Waals surface area contributed by atoms with Crippen LogP contribution >= 0.6 is 11.6 Å². The number of halogens is 1. The molecule has 0 saturated carbocycles. The van der Waals surface area contributed by atoms with E-state index in [4.69, 9.17) is 11.6 Å². The van der Waals surface area contributed by atoms with Gasteiger partial charge < -0.3 is 5.32 Å². The maximum absolute atomic E-state index is 5.87. The van der Waals surface area contributed by atoms with Crippen LogP contribution in [0.15, 0.2) is 60.8 Å².